The lowest BCUT2D eigenvalue weighted by molar-refractivity contribution is -0.754. The van der Waals surface area contributed by atoms with Crippen molar-refractivity contribution in [2.75, 3.05) is 5.32 Å². The molecule has 0 aromatic heterocycles. The predicted octanol–water partition coefficient (Wildman–Crippen LogP) is 2.75. The molecule has 0 heterocycles. The van der Waals surface area contributed by atoms with Gasteiger partial charge in [0.15, 0.2) is 11.8 Å². The monoisotopic (exact) mass is 341 g/mol. The predicted molar refractivity (Wildman–Crippen MR) is 97.4 cm³/mol. The Kier molecular flexibility index (Phi) is 4.19. The first-order valence-corrected chi connectivity index (χ1v) is 9.70. The molecule has 134 valence electrons. The zero-order valence-corrected chi connectivity index (χ0v) is 15.3. The third-order valence-corrected chi connectivity index (χ3v) is 6.66. The van der Waals surface area contributed by atoms with Crippen LogP contribution in [0.3, 0.4) is 0 Å². The fourth-order valence-electron chi connectivity index (χ4n) is 6.03. The number of nitrogens with one attached hydrogen (secondary N) is 1. The van der Waals surface area contributed by atoms with Gasteiger partial charge in [-0.15, -0.1) is 0 Å². The van der Waals surface area contributed by atoms with E-state index in [9.17, 15) is 9.59 Å². The molecule has 4 nitrogen and oxygen atoms in total. The minimum atomic E-state index is -0.0799. The van der Waals surface area contributed by atoms with Crippen molar-refractivity contribution in [1.29, 1.82) is 0 Å². The number of ketones is 1. The molecule has 3 N–H and O–H groups in total. The summed E-state index contributed by atoms with van der Waals surface area (Å²) in [6.07, 6.45) is 8.17. The van der Waals surface area contributed by atoms with Crippen LogP contribution in [0.4, 0.5) is 5.69 Å². The number of rotatable bonds is 5. The number of carbonyl (C=O) groups is 2. The Labute approximate surface area is 149 Å². The summed E-state index contributed by atoms with van der Waals surface area (Å²) in [5.74, 6) is 2.80. The highest BCUT2D eigenvalue weighted by atomic mass is 16.2. The average molecular weight is 341 g/mol. The normalized spacial score (nSPS) is 33.9. The summed E-state index contributed by atoms with van der Waals surface area (Å²) in [6.45, 7) is 3.58. The van der Waals surface area contributed by atoms with E-state index in [0.717, 1.165) is 23.4 Å². The van der Waals surface area contributed by atoms with Crippen LogP contribution in [0.5, 0.6) is 0 Å². The molecule has 5 rings (SSSR count). The zero-order chi connectivity index (χ0) is 17.6. The number of amides is 1. The molecule has 0 aliphatic heterocycles. The highest BCUT2D eigenvalue weighted by Gasteiger charge is 2.54. The second kappa shape index (κ2) is 6.24. The van der Waals surface area contributed by atoms with Gasteiger partial charge in [0.2, 0.25) is 0 Å². The van der Waals surface area contributed by atoms with Crippen LogP contribution in [-0.2, 0) is 4.79 Å². The van der Waals surface area contributed by atoms with E-state index in [-0.39, 0.29) is 17.7 Å². The van der Waals surface area contributed by atoms with Crippen LogP contribution >= 0.6 is 0 Å². The highest BCUT2D eigenvalue weighted by molar-refractivity contribution is 5.96. The van der Waals surface area contributed by atoms with Gasteiger partial charge >= 0.3 is 0 Å². The minimum absolute atomic E-state index is 0.0430. The molecule has 4 aliphatic rings. The zero-order valence-electron chi connectivity index (χ0n) is 15.3. The smallest absolute Gasteiger partial charge is 0.282 e. The van der Waals surface area contributed by atoms with Gasteiger partial charge in [0.05, 0.1) is 5.54 Å². The van der Waals surface area contributed by atoms with Crippen LogP contribution in [0.25, 0.3) is 0 Å². The molecule has 4 saturated carbocycles. The fraction of sp³-hybridized carbons (Fsp3) is 0.619. The summed E-state index contributed by atoms with van der Waals surface area (Å²) in [7, 11) is 0. The maximum atomic E-state index is 12.6. The number of hydrogen-bond acceptors (Lipinski definition) is 2. The first-order chi connectivity index (χ1) is 11.9. The van der Waals surface area contributed by atoms with E-state index >= 15 is 0 Å². The van der Waals surface area contributed by atoms with Crippen LogP contribution in [0.2, 0.25) is 0 Å². The molecule has 0 unspecified atom stereocenters. The van der Waals surface area contributed by atoms with E-state index in [1.165, 1.54) is 38.5 Å². The molecule has 1 aromatic carbocycles. The summed E-state index contributed by atoms with van der Waals surface area (Å²) >= 11 is 0. The Morgan fingerprint density at radius 1 is 1.04 bits per heavy atom. The van der Waals surface area contributed by atoms with E-state index in [1.54, 1.807) is 19.1 Å². The molecule has 4 heteroatoms. The molecule has 0 saturated heterocycles. The fourth-order valence-corrected chi connectivity index (χ4v) is 6.03. The van der Waals surface area contributed by atoms with Crippen molar-refractivity contribution in [2.45, 2.75) is 64.0 Å². The Morgan fingerprint density at radius 3 is 2.04 bits per heavy atom. The number of anilines is 1. The van der Waals surface area contributed by atoms with E-state index in [2.05, 4.69) is 10.6 Å². The van der Waals surface area contributed by atoms with Gasteiger partial charge in [-0.25, -0.2) is 0 Å². The van der Waals surface area contributed by atoms with E-state index in [4.69, 9.17) is 0 Å². The van der Waals surface area contributed by atoms with E-state index in [0.29, 0.717) is 11.1 Å². The SMILES string of the molecule is CC(=O)c1ccc(NC(=O)[C@H](C)[NH2+]C23CC4CC(CC(C4)C2)C3)cc1. The van der Waals surface area contributed by atoms with Gasteiger partial charge in [-0.05, 0) is 75.1 Å². The lowest BCUT2D eigenvalue weighted by Crippen LogP contribution is -3.03. The van der Waals surface area contributed by atoms with Crippen molar-refractivity contribution >= 4 is 17.4 Å². The minimum Gasteiger partial charge on any atom is -0.331 e. The maximum Gasteiger partial charge on any atom is 0.282 e. The van der Waals surface area contributed by atoms with Crippen molar-refractivity contribution < 1.29 is 14.9 Å². The second-order valence-corrected chi connectivity index (χ2v) is 8.86. The summed E-state index contributed by atoms with van der Waals surface area (Å²) in [4.78, 5) is 24.0. The van der Waals surface area contributed by atoms with Gasteiger partial charge in [0, 0.05) is 30.5 Å². The number of hydrogen-bond donors (Lipinski definition) is 2. The van der Waals surface area contributed by atoms with E-state index in [1.807, 2.05) is 19.1 Å². The molecule has 4 bridgehead atoms. The number of Topliss-reactive ketones (excluding diaryl/α,β-unsaturated/α-hetero) is 1. The van der Waals surface area contributed by atoms with Crippen molar-refractivity contribution in [3.05, 3.63) is 29.8 Å². The molecular weight excluding hydrogens is 312 g/mol. The molecule has 25 heavy (non-hydrogen) atoms. The average Bonchev–Trinajstić information content (AvgIpc) is 2.53. The van der Waals surface area contributed by atoms with Gasteiger partial charge in [0.1, 0.15) is 0 Å². The van der Waals surface area contributed by atoms with Crippen LogP contribution in [0, 0.1) is 17.8 Å². The van der Waals surface area contributed by atoms with Gasteiger partial charge in [-0.1, -0.05) is 0 Å². The number of carbonyl (C=O) groups excluding carboxylic acids is 2. The molecule has 4 fully saturated rings. The summed E-state index contributed by atoms with van der Waals surface area (Å²) in [5.41, 5.74) is 1.75. The van der Waals surface area contributed by atoms with Gasteiger partial charge in [-0.3, -0.25) is 9.59 Å². The van der Waals surface area contributed by atoms with Crippen molar-refractivity contribution in [2.24, 2.45) is 17.8 Å². The first kappa shape index (κ1) is 16.8. The molecule has 1 aromatic rings. The Bertz CT molecular complexity index is 644. The molecular formula is C21H29N2O2+. The number of nitrogens with two attached hydrogens (primary N) is 1. The third-order valence-electron chi connectivity index (χ3n) is 6.66. The molecule has 1 atom stereocenters. The Balaban J connectivity index is 1.38. The standard InChI is InChI=1S/C21H28N2O2/c1-13(20(25)22-19-5-3-18(4-6-19)14(2)24)23-21-10-15-7-16(11-21)9-17(8-15)12-21/h3-6,13,15-17,23H,7-12H2,1-2H3,(H,22,25)/p+1/t13-,15?,16?,17?,21?/m0/s1. The van der Waals surface area contributed by atoms with Crippen molar-refractivity contribution in [1.82, 2.24) is 0 Å². The Morgan fingerprint density at radius 2 is 1.56 bits per heavy atom. The van der Waals surface area contributed by atoms with Gasteiger partial charge < -0.3 is 10.6 Å². The Hall–Kier alpha value is -1.68. The van der Waals surface area contributed by atoms with Crippen LogP contribution < -0.4 is 10.6 Å². The summed E-state index contributed by atoms with van der Waals surface area (Å²) in [6, 6.07) is 7.08. The maximum absolute atomic E-state index is 12.6. The van der Waals surface area contributed by atoms with Crippen molar-refractivity contribution in [3.8, 4) is 0 Å². The van der Waals surface area contributed by atoms with Crippen molar-refractivity contribution in [3.63, 3.8) is 0 Å². The molecule has 0 radical (unpaired) electrons. The van der Waals surface area contributed by atoms with Gasteiger partial charge in [-0.2, -0.15) is 0 Å². The lowest BCUT2D eigenvalue weighted by Gasteiger charge is -2.55. The molecule has 1 amide bonds. The largest absolute Gasteiger partial charge is 0.331 e. The van der Waals surface area contributed by atoms with Gasteiger partial charge in [0.25, 0.3) is 5.91 Å². The molecule has 0 spiro atoms. The summed E-state index contributed by atoms with van der Waals surface area (Å²) < 4.78 is 0. The number of benzene rings is 1. The van der Waals surface area contributed by atoms with Crippen LogP contribution in [0.1, 0.15) is 62.7 Å². The van der Waals surface area contributed by atoms with E-state index < -0.39 is 0 Å². The lowest BCUT2D eigenvalue weighted by atomic mass is 9.53. The number of quaternary nitrogens is 1. The van der Waals surface area contributed by atoms with Crippen LogP contribution in [0.15, 0.2) is 24.3 Å². The third kappa shape index (κ3) is 3.37. The first-order valence-electron chi connectivity index (χ1n) is 9.70. The van der Waals surface area contributed by atoms with Crippen LogP contribution in [-0.4, -0.2) is 23.3 Å². The second-order valence-electron chi connectivity index (χ2n) is 8.86. The highest BCUT2D eigenvalue weighted by Crippen LogP contribution is 2.54. The molecule has 4 aliphatic carbocycles. The summed E-state index contributed by atoms with van der Waals surface area (Å²) in [5, 5.41) is 5.38. The topological polar surface area (TPSA) is 62.8 Å². The quantitative estimate of drug-likeness (QED) is 0.809.